The maximum absolute atomic E-state index is 12.6. The summed E-state index contributed by atoms with van der Waals surface area (Å²) in [5.41, 5.74) is -0.0479. The van der Waals surface area contributed by atoms with Gasteiger partial charge in [0, 0.05) is 11.9 Å². The van der Waals surface area contributed by atoms with Gasteiger partial charge < -0.3 is 5.11 Å². The minimum absolute atomic E-state index is 0.0201. The van der Waals surface area contributed by atoms with E-state index in [9.17, 15) is 13.2 Å². The Kier molecular flexibility index (Phi) is 4.46. The van der Waals surface area contributed by atoms with Gasteiger partial charge in [0.25, 0.3) is 0 Å². The van der Waals surface area contributed by atoms with Gasteiger partial charge in [0.2, 0.25) is 10.0 Å². The van der Waals surface area contributed by atoms with Crippen molar-refractivity contribution in [2.75, 3.05) is 7.05 Å². The Hall–Kier alpha value is -1.70. The van der Waals surface area contributed by atoms with Crippen LogP contribution in [-0.2, 0) is 10.0 Å². The summed E-state index contributed by atoms with van der Waals surface area (Å²) in [6.07, 6.45) is 0. The maximum atomic E-state index is 12.6. The lowest BCUT2D eigenvalue weighted by molar-refractivity contribution is 0.0696. The number of hydrogen-bond donors (Lipinski definition) is 1. The highest BCUT2D eigenvalue weighted by Crippen LogP contribution is 2.28. The number of hydrogen-bond acceptors (Lipinski definition) is 4. The molecule has 7 heteroatoms. The van der Waals surface area contributed by atoms with Gasteiger partial charge in [0.1, 0.15) is 0 Å². The molecule has 2 rings (SSSR count). The van der Waals surface area contributed by atoms with Crippen molar-refractivity contribution in [1.29, 1.82) is 0 Å². The Bertz CT molecular complexity index is 738. The highest BCUT2D eigenvalue weighted by molar-refractivity contribution is 7.89. The summed E-state index contributed by atoms with van der Waals surface area (Å²) in [6.45, 7) is 1.80. The fourth-order valence-electron chi connectivity index (χ4n) is 1.87. The molecule has 0 amide bonds. The summed E-state index contributed by atoms with van der Waals surface area (Å²) >= 11 is 1.48. The van der Waals surface area contributed by atoms with Crippen LogP contribution in [-0.4, -0.2) is 30.8 Å². The molecule has 0 fully saturated rings. The minimum atomic E-state index is -3.74. The Balaban J connectivity index is 2.37. The molecule has 1 atom stereocenters. The number of aromatic carboxylic acids is 1. The number of nitrogens with zero attached hydrogens (tertiary/aromatic N) is 1. The first-order chi connectivity index (χ1) is 9.84. The van der Waals surface area contributed by atoms with Gasteiger partial charge in [0.05, 0.1) is 16.5 Å². The molecule has 0 saturated heterocycles. The lowest BCUT2D eigenvalue weighted by Gasteiger charge is -2.23. The van der Waals surface area contributed by atoms with E-state index in [0.29, 0.717) is 0 Å². The van der Waals surface area contributed by atoms with Gasteiger partial charge in [0.15, 0.2) is 0 Å². The van der Waals surface area contributed by atoms with Crippen LogP contribution in [0, 0.1) is 0 Å². The SMILES string of the molecule is CC(c1cccs1)N(C)S(=O)(=O)c1cccc(C(=O)O)c1. The molecule has 0 bridgehead atoms. The molecular weight excluding hydrogens is 310 g/mol. The lowest BCUT2D eigenvalue weighted by atomic mass is 10.2. The molecule has 0 radical (unpaired) electrons. The zero-order valence-electron chi connectivity index (χ0n) is 11.6. The van der Waals surface area contributed by atoms with Crippen LogP contribution in [0.4, 0.5) is 0 Å². The number of rotatable bonds is 5. The van der Waals surface area contributed by atoms with Gasteiger partial charge in [-0.3, -0.25) is 0 Å². The van der Waals surface area contributed by atoms with E-state index >= 15 is 0 Å². The second-order valence-electron chi connectivity index (χ2n) is 4.55. The van der Waals surface area contributed by atoms with E-state index < -0.39 is 16.0 Å². The zero-order chi connectivity index (χ0) is 15.6. The maximum Gasteiger partial charge on any atom is 0.335 e. The second-order valence-corrected chi connectivity index (χ2v) is 7.52. The average Bonchev–Trinajstić information content (AvgIpc) is 3.00. The summed E-state index contributed by atoms with van der Waals surface area (Å²) < 4.78 is 26.4. The fraction of sp³-hybridized carbons (Fsp3) is 0.214. The van der Waals surface area contributed by atoms with E-state index in [1.165, 1.54) is 47.0 Å². The number of benzene rings is 1. The predicted molar refractivity (Wildman–Crippen MR) is 81.1 cm³/mol. The molecule has 0 aliphatic heterocycles. The average molecular weight is 325 g/mol. The van der Waals surface area contributed by atoms with Crippen molar-refractivity contribution in [3.63, 3.8) is 0 Å². The first kappa shape index (κ1) is 15.7. The van der Waals surface area contributed by atoms with E-state index in [0.717, 1.165) is 4.88 Å². The molecule has 0 aliphatic rings. The number of thiophene rings is 1. The fourth-order valence-corrected chi connectivity index (χ4v) is 4.15. The third-order valence-corrected chi connectivity index (χ3v) is 6.23. The molecule has 0 spiro atoms. The van der Waals surface area contributed by atoms with E-state index in [2.05, 4.69) is 0 Å². The number of carbonyl (C=O) groups is 1. The van der Waals surface area contributed by atoms with Crippen molar-refractivity contribution in [3.05, 3.63) is 52.2 Å². The van der Waals surface area contributed by atoms with Crippen LogP contribution in [0.3, 0.4) is 0 Å². The summed E-state index contributed by atoms with van der Waals surface area (Å²) in [4.78, 5) is 11.9. The van der Waals surface area contributed by atoms with E-state index in [4.69, 9.17) is 5.11 Å². The monoisotopic (exact) mass is 325 g/mol. The predicted octanol–water partition coefficient (Wildman–Crippen LogP) is 2.83. The summed E-state index contributed by atoms with van der Waals surface area (Å²) in [6, 6.07) is 8.79. The number of carboxylic acid groups (broad SMARTS) is 1. The largest absolute Gasteiger partial charge is 0.478 e. The van der Waals surface area contributed by atoms with Crippen molar-refractivity contribution in [2.24, 2.45) is 0 Å². The van der Waals surface area contributed by atoms with Crippen LogP contribution < -0.4 is 0 Å². The van der Waals surface area contributed by atoms with Crippen LogP contribution in [0.1, 0.15) is 28.2 Å². The molecule has 1 aromatic heterocycles. The molecule has 112 valence electrons. The Labute approximate surface area is 127 Å². The first-order valence-electron chi connectivity index (χ1n) is 6.19. The molecule has 21 heavy (non-hydrogen) atoms. The lowest BCUT2D eigenvalue weighted by Crippen LogP contribution is -2.29. The van der Waals surface area contributed by atoms with Crippen molar-refractivity contribution < 1.29 is 18.3 Å². The van der Waals surface area contributed by atoms with Crippen molar-refractivity contribution in [2.45, 2.75) is 17.9 Å². The molecule has 2 aromatic rings. The molecule has 1 heterocycles. The zero-order valence-corrected chi connectivity index (χ0v) is 13.2. The molecule has 1 aromatic carbocycles. The van der Waals surface area contributed by atoms with E-state index in [1.54, 1.807) is 6.92 Å². The molecule has 1 N–H and O–H groups in total. The standard InChI is InChI=1S/C14H15NO4S2/c1-10(13-7-4-8-20-13)15(2)21(18,19)12-6-3-5-11(9-12)14(16)17/h3-10H,1-2H3,(H,16,17). The van der Waals surface area contributed by atoms with Crippen LogP contribution >= 0.6 is 11.3 Å². The minimum Gasteiger partial charge on any atom is -0.478 e. The summed E-state index contributed by atoms with van der Waals surface area (Å²) in [5.74, 6) is -1.15. The molecule has 1 unspecified atom stereocenters. The smallest absolute Gasteiger partial charge is 0.335 e. The summed E-state index contributed by atoms with van der Waals surface area (Å²) in [5, 5.41) is 10.9. The van der Waals surface area contributed by atoms with Gasteiger partial charge in [-0.1, -0.05) is 12.1 Å². The van der Waals surface area contributed by atoms with Crippen molar-refractivity contribution in [3.8, 4) is 0 Å². The second kappa shape index (κ2) is 5.97. The first-order valence-corrected chi connectivity index (χ1v) is 8.51. The number of sulfonamides is 1. The van der Waals surface area contributed by atoms with Gasteiger partial charge in [-0.15, -0.1) is 11.3 Å². The van der Waals surface area contributed by atoms with Crippen LogP contribution in [0.25, 0.3) is 0 Å². The van der Waals surface area contributed by atoms with E-state index in [-0.39, 0.29) is 16.5 Å². The van der Waals surface area contributed by atoms with Crippen molar-refractivity contribution >= 4 is 27.3 Å². The molecule has 5 nitrogen and oxygen atoms in total. The highest BCUT2D eigenvalue weighted by Gasteiger charge is 2.27. The third kappa shape index (κ3) is 3.15. The third-order valence-electron chi connectivity index (χ3n) is 3.26. The summed E-state index contributed by atoms with van der Waals surface area (Å²) in [7, 11) is -2.25. The molecule has 0 aliphatic carbocycles. The van der Waals surface area contributed by atoms with Crippen LogP contribution in [0.2, 0.25) is 0 Å². The van der Waals surface area contributed by atoms with Crippen LogP contribution in [0.5, 0.6) is 0 Å². The normalized spacial score (nSPS) is 13.3. The van der Waals surface area contributed by atoms with Gasteiger partial charge in [-0.2, -0.15) is 4.31 Å². The Morgan fingerprint density at radius 3 is 2.57 bits per heavy atom. The molecule has 0 saturated carbocycles. The van der Waals surface area contributed by atoms with Crippen LogP contribution in [0.15, 0.2) is 46.7 Å². The van der Waals surface area contributed by atoms with Gasteiger partial charge >= 0.3 is 5.97 Å². The Morgan fingerprint density at radius 1 is 1.29 bits per heavy atom. The van der Waals surface area contributed by atoms with Gasteiger partial charge in [-0.25, -0.2) is 13.2 Å². The highest BCUT2D eigenvalue weighted by atomic mass is 32.2. The number of carboxylic acids is 1. The van der Waals surface area contributed by atoms with Gasteiger partial charge in [-0.05, 0) is 36.6 Å². The quantitative estimate of drug-likeness (QED) is 0.917. The van der Waals surface area contributed by atoms with Crippen molar-refractivity contribution in [1.82, 2.24) is 4.31 Å². The molecular formula is C14H15NO4S2. The Morgan fingerprint density at radius 2 is 2.00 bits per heavy atom. The topological polar surface area (TPSA) is 74.7 Å². The van der Waals surface area contributed by atoms with E-state index in [1.807, 2.05) is 17.5 Å².